The van der Waals surface area contributed by atoms with E-state index in [1.165, 1.54) is 0 Å². The molecule has 4 aromatic rings. The van der Waals surface area contributed by atoms with Gasteiger partial charge in [-0.1, -0.05) is 52.3 Å². The number of nitrogens with one attached hydrogen (secondary N) is 1. The second-order valence-corrected chi connectivity index (χ2v) is 7.88. The van der Waals surface area contributed by atoms with E-state index in [1.54, 1.807) is 20.4 Å². The predicted molar refractivity (Wildman–Crippen MR) is 129 cm³/mol. The van der Waals surface area contributed by atoms with E-state index in [-0.39, 0.29) is 0 Å². The van der Waals surface area contributed by atoms with Gasteiger partial charge in [0.25, 0.3) is 0 Å². The quantitative estimate of drug-likeness (QED) is 0.306. The lowest BCUT2D eigenvalue weighted by atomic mass is 10.0. The normalized spacial score (nSPS) is 11.0. The van der Waals surface area contributed by atoms with Gasteiger partial charge in [0.1, 0.15) is 29.5 Å². The van der Waals surface area contributed by atoms with Crippen LogP contribution in [-0.2, 0) is 6.61 Å². The van der Waals surface area contributed by atoms with Gasteiger partial charge in [0.15, 0.2) is 0 Å². The number of halogens is 1. The number of benzene rings is 3. The van der Waals surface area contributed by atoms with E-state index in [2.05, 4.69) is 31.3 Å². The molecule has 1 heterocycles. The first-order valence-corrected chi connectivity index (χ1v) is 10.7. The highest BCUT2D eigenvalue weighted by atomic mass is 79.9. The van der Waals surface area contributed by atoms with Crippen molar-refractivity contribution in [2.45, 2.75) is 6.61 Å². The molecule has 0 aliphatic heterocycles. The van der Waals surface area contributed by atoms with Crippen LogP contribution in [0.2, 0.25) is 0 Å². The van der Waals surface area contributed by atoms with Crippen molar-refractivity contribution in [1.29, 1.82) is 0 Å². The fourth-order valence-corrected chi connectivity index (χ4v) is 3.49. The molecule has 0 amide bonds. The Morgan fingerprint density at radius 3 is 2.34 bits per heavy atom. The van der Waals surface area contributed by atoms with Crippen molar-refractivity contribution in [1.82, 2.24) is 15.4 Å². The van der Waals surface area contributed by atoms with Gasteiger partial charge in [-0.3, -0.25) is 0 Å². The van der Waals surface area contributed by atoms with Crippen molar-refractivity contribution in [3.05, 3.63) is 88.0 Å². The van der Waals surface area contributed by atoms with Gasteiger partial charge < -0.3 is 14.2 Å². The number of hydrogen-bond donors (Lipinski definition) is 1. The van der Waals surface area contributed by atoms with Crippen LogP contribution in [0.15, 0.2) is 71.3 Å². The molecule has 0 aliphatic rings. The molecule has 0 atom stereocenters. The number of nitrogens with zero attached hydrogens (tertiary/aromatic N) is 2. The molecular formula is C25H22BrN3O3. The molecule has 0 unspecified atom stereocenters. The molecule has 0 bridgehead atoms. The highest BCUT2D eigenvalue weighted by molar-refractivity contribution is 9.10. The summed E-state index contributed by atoms with van der Waals surface area (Å²) in [6.45, 7) is 0.521. The van der Waals surface area contributed by atoms with Crippen LogP contribution in [0.5, 0.6) is 17.2 Å². The standard InChI is InChI=1S/C25H22BrN3O3/c1-30-22-13-19(25(24(14-22)31-2)23-15-27-29-28-23)8-3-17-6-11-21(12-7-17)32-16-18-4-9-20(26)10-5-18/h3-15H,16H2,1-2H3,(H,27,28,29)/b8-3+. The SMILES string of the molecule is COc1cc(/C=C/c2ccc(OCc3ccc(Br)cc3)cc2)c(-c2cn[nH]n2)c(OC)c1. The van der Waals surface area contributed by atoms with Crippen LogP contribution in [0.4, 0.5) is 0 Å². The molecule has 0 saturated heterocycles. The van der Waals surface area contributed by atoms with Gasteiger partial charge in [-0.15, -0.1) is 0 Å². The highest BCUT2D eigenvalue weighted by Gasteiger charge is 2.15. The van der Waals surface area contributed by atoms with Crippen LogP contribution < -0.4 is 14.2 Å². The average molecular weight is 492 g/mol. The van der Waals surface area contributed by atoms with Crippen LogP contribution >= 0.6 is 15.9 Å². The monoisotopic (exact) mass is 491 g/mol. The van der Waals surface area contributed by atoms with Crippen LogP contribution in [0, 0.1) is 0 Å². The van der Waals surface area contributed by atoms with E-state index >= 15 is 0 Å². The first kappa shape index (κ1) is 21.6. The molecule has 6 nitrogen and oxygen atoms in total. The first-order chi connectivity index (χ1) is 15.7. The van der Waals surface area contributed by atoms with E-state index in [4.69, 9.17) is 14.2 Å². The van der Waals surface area contributed by atoms with Crippen LogP contribution in [0.1, 0.15) is 16.7 Å². The second-order valence-electron chi connectivity index (χ2n) is 6.97. The maximum atomic E-state index is 5.89. The maximum Gasteiger partial charge on any atom is 0.132 e. The lowest BCUT2D eigenvalue weighted by Crippen LogP contribution is -1.95. The van der Waals surface area contributed by atoms with Crippen LogP contribution in [-0.4, -0.2) is 29.6 Å². The maximum absolute atomic E-state index is 5.89. The predicted octanol–water partition coefficient (Wildman–Crippen LogP) is 6.00. The van der Waals surface area contributed by atoms with Gasteiger partial charge in [-0.25, -0.2) is 0 Å². The van der Waals surface area contributed by atoms with E-state index in [1.807, 2.05) is 72.8 Å². The minimum atomic E-state index is 0.521. The van der Waals surface area contributed by atoms with E-state index in [9.17, 15) is 0 Å². The van der Waals surface area contributed by atoms with Crippen LogP contribution in [0.3, 0.4) is 0 Å². The number of ether oxygens (including phenoxy) is 3. The fraction of sp³-hybridized carbons (Fsp3) is 0.120. The number of aromatic amines is 1. The van der Waals surface area contributed by atoms with Crippen molar-refractivity contribution in [2.24, 2.45) is 0 Å². The van der Waals surface area contributed by atoms with Crippen molar-refractivity contribution in [2.75, 3.05) is 14.2 Å². The Bertz CT molecular complexity index is 1190. The van der Waals surface area contributed by atoms with Gasteiger partial charge in [-0.05, 0) is 47.0 Å². The Balaban J connectivity index is 1.53. The summed E-state index contributed by atoms with van der Waals surface area (Å²) in [7, 11) is 3.25. The van der Waals surface area contributed by atoms with E-state index < -0.39 is 0 Å². The second kappa shape index (κ2) is 10.2. The van der Waals surface area contributed by atoms with Gasteiger partial charge in [0.2, 0.25) is 0 Å². The zero-order valence-electron chi connectivity index (χ0n) is 17.7. The van der Waals surface area contributed by atoms with E-state index in [0.29, 0.717) is 23.8 Å². The minimum absolute atomic E-state index is 0.521. The Morgan fingerprint density at radius 1 is 0.906 bits per heavy atom. The summed E-state index contributed by atoms with van der Waals surface area (Å²) in [6.07, 6.45) is 5.70. The molecule has 162 valence electrons. The summed E-state index contributed by atoms with van der Waals surface area (Å²) in [4.78, 5) is 0. The first-order valence-electron chi connectivity index (χ1n) is 9.94. The summed E-state index contributed by atoms with van der Waals surface area (Å²) in [5, 5.41) is 10.8. The Hall–Kier alpha value is -3.58. The molecule has 0 aliphatic carbocycles. The van der Waals surface area contributed by atoms with Crippen molar-refractivity contribution in [3.8, 4) is 28.5 Å². The summed E-state index contributed by atoms with van der Waals surface area (Å²) < 4.78 is 17.9. The molecular weight excluding hydrogens is 470 g/mol. The average Bonchev–Trinajstić information content (AvgIpc) is 3.37. The number of H-pyrrole nitrogens is 1. The number of aromatic nitrogens is 3. The molecule has 1 N–H and O–H groups in total. The van der Waals surface area contributed by atoms with Gasteiger partial charge in [-0.2, -0.15) is 15.4 Å². The molecule has 3 aromatic carbocycles. The summed E-state index contributed by atoms with van der Waals surface area (Å²) in [5.41, 5.74) is 4.60. The largest absolute Gasteiger partial charge is 0.497 e. The zero-order valence-corrected chi connectivity index (χ0v) is 19.3. The fourth-order valence-electron chi connectivity index (χ4n) is 3.23. The number of hydrogen-bond acceptors (Lipinski definition) is 5. The Morgan fingerprint density at radius 2 is 1.69 bits per heavy atom. The third-order valence-electron chi connectivity index (χ3n) is 4.89. The Kier molecular flexibility index (Phi) is 6.87. The molecule has 32 heavy (non-hydrogen) atoms. The van der Waals surface area contributed by atoms with Crippen molar-refractivity contribution in [3.63, 3.8) is 0 Å². The third kappa shape index (κ3) is 5.18. The summed E-state index contributed by atoms with van der Waals surface area (Å²) >= 11 is 3.44. The third-order valence-corrected chi connectivity index (χ3v) is 5.42. The van der Waals surface area contributed by atoms with Gasteiger partial charge in [0, 0.05) is 10.5 Å². The van der Waals surface area contributed by atoms with Crippen LogP contribution in [0.25, 0.3) is 23.4 Å². The summed E-state index contributed by atoms with van der Waals surface area (Å²) in [6, 6.07) is 19.8. The van der Waals surface area contributed by atoms with Crippen molar-refractivity contribution < 1.29 is 14.2 Å². The zero-order chi connectivity index (χ0) is 22.3. The number of methoxy groups -OCH3 is 2. The highest BCUT2D eigenvalue weighted by Crippen LogP contribution is 2.37. The summed E-state index contributed by atoms with van der Waals surface area (Å²) in [5.74, 6) is 2.18. The lowest BCUT2D eigenvalue weighted by molar-refractivity contribution is 0.306. The minimum Gasteiger partial charge on any atom is -0.497 e. The molecule has 0 fully saturated rings. The molecule has 0 spiro atoms. The molecule has 4 rings (SSSR count). The molecule has 7 heteroatoms. The molecule has 0 saturated carbocycles. The topological polar surface area (TPSA) is 69.3 Å². The van der Waals surface area contributed by atoms with Gasteiger partial charge >= 0.3 is 0 Å². The smallest absolute Gasteiger partial charge is 0.132 e. The lowest BCUT2D eigenvalue weighted by Gasteiger charge is -2.12. The molecule has 0 radical (unpaired) electrons. The van der Waals surface area contributed by atoms with Crippen molar-refractivity contribution >= 4 is 28.1 Å². The van der Waals surface area contributed by atoms with Gasteiger partial charge in [0.05, 0.1) is 26.0 Å². The number of rotatable bonds is 8. The Labute approximate surface area is 195 Å². The molecule has 1 aromatic heterocycles. The van der Waals surface area contributed by atoms with E-state index in [0.717, 1.165) is 32.5 Å².